The molecular weight excluding hydrogens is 488 g/mol. The molecule has 0 aliphatic heterocycles. The molecule has 4 aromatic carbocycles. The third kappa shape index (κ3) is 3.40. The predicted octanol–water partition coefficient (Wildman–Crippen LogP) is 7.99. The minimum Gasteiger partial charge on any atom is -0.293 e. The summed E-state index contributed by atoms with van der Waals surface area (Å²) in [6.45, 7) is 4.14. The lowest BCUT2D eigenvalue weighted by molar-refractivity contribution is 0.0990. The van der Waals surface area contributed by atoms with Crippen LogP contribution in [0.25, 0.3) is 43.5 Å². The van der Waals surface area contributed by atoms with Crippen molar-refractivity contribution in [1.82, 2.24) is 9.55 Å². The van der Waals surface area contributed by atoms with Gasteiger partial charge in [-0.1, -0.05) is 72.8 Å². The number of Topliss-reactive ketones (excluding diaryl/α,β-unsaturated/α-hetero) is 2. The minimum atomic E-state index is -0.230. The Morgan fingerprint density at radius 3 is 1.97 bits per heavy atom. The number of para-hydroxylation sites is 1. The average Bonchev–Trinajstić information content (AvgIpc) is 3.55. The summed E-state index contributed by atoms with van der Waals surface area (Å²) in [5, 5.41) is 2.83. The summed E-state index contributed by atoms with van der Waals surface area (Å²) in [6, 6.07) is 29.8. The van der Waals surface area contributed by atoms with Gasteiger partial charge in [0.25, 0.3) is 0 Å². The second-order valence-electron chi connectivity index (χ2n) is 9.68. The summed E-state index contributed by atoms with van der Waals surface area (Å²) >= 11 is 1.61. The van der Waals surface area contributed by atoms with Gasteiger partial charge in [0, 0.05) is 16.7 Å². The van der Waals surface area contributed by atoms with Crippen molar-refractivity contribution in [3.8, 4) is 16.3 Å². The first-order chi connectivity index (χ1) is 18.5. The van der Waals surface area contributed by atoms with Gasteiger partial charge in [-0.25, -0.2) is 4.98 Å². The number of allylic oxidation sites excluding steroid dienone is 1. The molecule has 1 aliphatic rings. The van der Waals surface area contributed by atoms with E-state index >= 15 is 0 Å². The molecule has 0 bridgehead atoms. The fourth-order valence-corrected chi connectivity index (χ4v) is 6.39. The number of aryl methyl sites for hydroxylation is 2. The Morgan fingerprint density at radius 1 is 0.737 bits per heavy atom. The highest BCUT2D eigenvalue weighted by Gasteiger charge is 2.34. The van der Waals surface area contributed by atoms with E-state index in [-0.39, 0.29) is 17.1 Å². The first-order valence-electron chi connectivity index (χ1n) is 12.5. The van der Waals surface area contributed by atoms with Gasteiger partial charge in [-0.3, -0.25) is 14.2 Å². The molecule has 1 aliphatic carbocycles. The number of fused-ring (bicyclic) bond motifs is 3. The second-order valence-corrected chi connectivity index (χ2v) is 10.7. The molecular formula is C33H22N2O2S. The van der Waals surface area contributed by atoms with E-state index in [1.54, 1.807) is 17.4 Å². The summed E-state index contributed by atoms with van der Waals surface area (Å²) in [7, 11) is 0. The van der Waals surface area contributed by atoms with Crippen molar-refractivity contribution in [3.63, 3.8) is 0 Å². The molecule has 0 atom stereocenters. The van der Waals surface area contributed by atoms with Crippen LogP contribution in [0, 0.1) is 13.8 Å². The highest BCUT2D eigenvalue weighted by molar-refractivity contribution is 7.21. The number of nitrogens with zero attached hydrogens (tertiary/aromatic N) is 2. The van der Waals surface area contributed by atoms with Gasteiger partial charge < -0.3 is 0 Å². The van der Waals surface area contributed by atoms with E-state index < -0.39 is 0 Å². The largest absolute Gasteiger partial charge is 0.293 e. The van der Waals surface area contributed by atoms with Gasteiger partial charge in [-0.05, 0) is 60.0 Å². The quantitative estimate of drug-likeness (QED) is 0.179. The standard InChI is InChI=1S/C33H22N2O2S/c1-19-9-8-10-20(2)29(19)35-24(18-28-32(35)34-33(38-28)21-11-4-3-5-12-21)17-27-30(36)25-15-22-13-6-7-14-23(22)16-26(25)31(27)37/h3-18H,1-2H3. The van der Waals surface area contributed by atoms with Crippen LogP contribution in [-0.2, 0) is 0 Å². The Kier molecular flexibility index (Phi) is 5.03. The number of aromatic nitrogens is 2. The van der Waals surface area contributed by atoms with Crippen molar-refractivity contribution in [1.29, 1.82) is 0 Å². The molecule has 0 spiro atoms. The van der Waals surface area contributed by atoms with Crippen LogP contribution in [0.4, 0.5) is 0 Å². The predicted molar refractivity (Wildman–Crippen MR) is 154 cm³/mol. The Labute approximate surface area is 223 Å². The molecule has 0 fully saturated rings. The molecule has 0 N–H and O–H groups in total. The van der Waals surface area contributed by atoms with Crippen LogP contribution in [0.5, 0.6) is 0 Å². The maximum Gasteiger partial charge on any atom is 0.197 e. The van der Waals surface area contributed by atoms with E-state index in [0.717, 1.165) is 54.2 Å². The monoisotopic (exact) mass is 510 g/mol. The van der Waals surface area contributed by atoms with Crippen molar-refractivity contribution in [2.24, 2.45) is 0 Å². The summed E-state index contributed by atoms with van der Waals surface area (Å²) in [4.78, 5) is 32.1. The fraction of sp³-hybridized carbons (Fsp3) is 0.0606. The van der Waals surface area contributed by atoms with Crippen molar-refractivity contribution in [2.45, 2.75) is 13.8 Å². The third-order valence-electron chi connectivity index (χ3n) is 7.22. The number of carbonyl (C=O) groups excluding carboxylic acids is 2. The summed E-state index contributed by atoms with van der Waals surface area (Å²) in [6.07, 6.45) is 1.75. The van der Waals surface area contributed by atoms with Gasteiger partial charge in [-0.2, -0.15) is 0 Å². The number of thiazole rings is 1. The molecule has 0 saturated heterocycles. The lowest BCUT2D eigenvalue weighted by Crippen LogP contribution is -2.05. The molecule has 2 aromatic heterocycles. The van der Waals surface area contributed by atoms with Crippen LogP contribution in [0.15, 0.2) is 96.6 Å². The van der Waals surface area contributed by atoms with Crippen molar-refractivity contribution < 1.29 is 9.59 Å². The first-order valence-corrected chi connectivity index (χ1v) is 13.3. The molecule has 182 valence electrons. The molecule has 4 nitrogen and oxygen atoms in total. The molecule has 0 unspecified atom stereocenters. The minimum absolute atomic E-state index is 0.191. The molecule has 7 rings (SSSR count). The SMILES string of the molecule is Cc1cccc(C)c1-n1c(C=C2C(=O)c3cc4ccccc4cc3C2=O)cc2sc(-c3ccccc3)nc21. The van der Waals surface area contributed by atoms with E-state index in [1.165, 1.54) is 0 Å². The second kappa shape index (κ2) is 8.47. The average molecular weight is 511 g/mol. The van der Waals surface area contributed by atoms with Gasteiger partial charge in [0.05, 0.1) is 21.7 Å². The summed E-state index contributed by atoms with van der Waals surface area (Å²) in [5.41, 5.74) is 6.98. The van der Waals surface area contributed by atoms with E-state index in [4.69, 9.17) is 4.98 Å². The van der Waals surface area contributed by atoms with Crippen LogP contribution in [0.1, 0.15) is 37.5 Å². The zero-order chi connectivity index (χ0) is 26.0. The number of benzene rings is 4. The van der Waals surface area contributed by atoms with Crippen molar-refractivity contribution >= 4 is 50.1 Å². The molecule has 0 saturated carbocycles. The Hall–Kier alpha value is -4.61. The van der Waals surface area contributed by atoms with E-state index in [2.05, 4.69) is 42.7 Å². The van der Waals surface area contributed by atoms with Crippen LogP contribution in [0.2, 0.25) is 0 Å². The highest BCUT2D eigenvalue weighted by atomic mass is 32.1. The van der Waals surface area contributed by atoms with Crippen LogP contribution in [0.3, 0.4) is 0 Å². The number of hydrogen-bond acceptors (Lipinski definition) is 4. The van der Waals surface area contributed by atoms with Crippen LogP contribution in [-0.4, -0.2) is 21.1 Å². The summed E-state index contributed by atoms with van der Waals surface area (Å²) < 4.78 is 3.09. The molecule has 38 heavy (non-hydrogen) atoms. The van der Waals surface area contributed by atoms with E-state index in [1.807, 2.05) is 66.7 Å². The van der Waals surface area contributed by atoms with Crippen LogP contribution < -0.4 is 0 Å². The number of ketones is 2. The highest BCUT2D eigenvalue weighted by Crippen LogP contribution is 2.38. The number of carbonyl (C=O) groups is 2. The van der Waals surface area contributed by atoms with Crippen LogP contribution >= 0.6 is 11.3 Å². The third-order valence-corrected chi connectivity index (χ3v) is 8.26. The molecule has 6 aromatic rings. The van der Waals surface area contributed by atoms with E-state index in [0.29, 0.717) is 11.1 Å². The van der Waals surface area contributed by atoms with Gasteiger partial charge in [-0.15, -0.1) is 11.3 Å². The first kappa shape index (κ1) is 22.6. The Bertz CT molecular complexity index is 1900. The van der Waals surface area contributed by atoms with Gasteiger partial charge >= 0.3 is 0 Å². The number of rotatable bonds is 3. The maximum atomic E-state index is 13.5. The number of hydrogen-bond donors (Lipinski definition) is 0. The van der Waals surface area contributed by atoms with Gasteiger partial charge in [0.1, 0.15) is 5.01 Å². The van der Waals surface area contributed by atoms with E-state index in [9.17, 15) is 9.59 Å². The lowest BCUT2D eigenvalue weighted by Gasteiger charge is -2.14. The van der Waals surface area contributed by atoms with Gasteiger partial charge in [0.15, 0.2) is 17.2 Å². The summed E-state index contributed by atoms with van der Waals surface area (Å²) in [5.74, 6) is -0.461. The zero-order valence-corrected chi connectivity index (χ0v) is 21.7. The maximum absolute atomic E-state index is 13.5. The Morgan fingerprint density at radius 2 is 1.34 bits per heavy atom. The van der Waals surface area contributed by atoms with Crippen molar-refractivity contribution in [2.75, 3.05) is 0 Å². The normalized spacial score (nSPS) is 13.1. The van der Waals surface area contributed by atoms with Crippen molar-refractivity contribution in [3.05, 3.63) is 125 Å². The fourth-order valence-electron chi connectivity index (χ4n) is 5.39. The molecule has 0 amide bonds. The molecule has 5 heteroatoms. The van der Waals surface area contributed by atoms with Gasteiger partial charge in [0.2, 0.25) is 0 Å². The molecule has 0 radical (unpaired) electrons. The zero-order valence-electron chi connectivity index (χ0n) is 20.9. The smallest absolute Gasteiger partial charge is 0.197 e. The topological polar surface area (TPSA) is 52.0 Å². The lowest BCUT2D eigenvalue weighted by atomic mass is 10.0. The Balaban J connectivity index is 1.44. The molecule has 2 heterocycles.